The summed E-state index contributed by atoms with van der Waals surface area (Å²) in [7, 11) is 0. The molecule has 0 saturated heterocycles. The summed E-state index contributed by atoms with van der Waals surface area (Å²) < 4.78 is 31.9. The first-order chi connectivity index (χ1) is 9.50. The molecule has 112 valence electrons. The summed E-state index contributed by atoms with van der Waals surface area (Å²) in [6, 6.07) is 3.06. The third-order valence-corrected chi connectivity index (χ3v) is 3.78. The molecule has 0 radical (unpaired) electrons. The van der Waals surface area contributed by atoms with Gasteiger partial charge in [-0.2, -0.15) is 11.8 Å². The summed E-state index contributed by atoms with van der Waals surface area (Å²) >= 11 is 1.53. The molecule has 1 rings (SSSR count). The van der Waals surface area contributed by atoms with Gasteiger partial charge >= 0.3 is 5.97 Å². The Morgan fingerprint density at radius 3 is 2.40 bits per heavy atom. The van der Waals surface area contributed by atoms with Gasteiger partial charge in [0.1, 0.15) is 17.0 Å². The van der Waals surface area contributed by atoms with Gasteiger partial charge in [-0.05, 0) is 43.0 Å². The zero-order chi connectivity index (χ0) is 15.2. The van der Waals surface area contributed by atoms with Gasteiger partial charge in [0.05, 0.1) is 6.61 Å². The number of carbonyl (C=O) groups excluding carboxylic acids is 1. The molecule has 2 N–H and O–H groups in total. The molecule has 0 fully saturated rings. The van der Waals surface area contributed by atoms with E-state index in [0.29, 0.717) is 12.2 Å². The quantitative estimate of drug-likeness (QED) is 0.786. The lowest BCUT2D eigenvalue weighted by atomic mass is 9.78. The fraction of sp³-hybridized carbons (Fsp3) is 0.500. The van der Waals surface area contributed by atoms with E-state index in [1.165, 1.54) is 11.8 Å². The summed E-state index contributed by atoms with van der Waals surface area (Å²) in [5.74, 6) is -1.37. The fourth-order valence-electron chi connectivity index (χ4n) is 2.04. The Morgan fingerprint density at radius 2 is 1.95 bits per heavy atom. The number of halogens is 2. The first-order valence-electron chi connectivity index (χ1n) is 6.33. The maximum absolute atomic E-state index is 13.4. The molecule has 1 unspecified atom stereocenters. The average Bonchev–Trinajstić information content (AvgIpc) is 2.39. The van der Waals surface area contributed by atoms with Gasteiger partial charge in [-0.1, -0.05) is 0 Å². The van der Waals surface area contributed by atoms with Crippen LogP contribution in [-0.2, 0) is 14.9 Å². The molecule has 0 spiro atoms. The highest BCUT2D eigenvalue weighted by molar-refractivity contribution is 7.98. The molecule has 6 heteroatoms. The van der Waals surface area contributed by atoms with Gasteiger partial charge in [-0.15, -0.1) is 0 Å². The Labute approximate surface area is 121 Å². The van der Waals surface area contributed by atoms with Crippen LogP contribution < -0.4 is 5.73 Å². The molecular weight excluding hydrogens is 284 g/mol. The summed E-state index contributed by atoms with van der Waals surface area (Å²) in [4.78, 5) is 12.3. The molecule has 1 aromatic carbocycles. The molecule has 20 heavy (non-hydrogen) atoms. The number of hydrogen-bond donors (Lipinski definition) is 1. The normalized spacial score (nSPS) is 13.8. The van der Waals surface area contributed by atoms with Crippen molar-refractivity contribution in [2.24, 2.45) is 5.73 Å². The van der Waals surface area contributed by atoms with Crippen LogP contribution in [0.3, 0.4) is 0 Å². The smallest absolute Gasteiger partial charge is 0.317 e. The van der Waals surface area contributed by atoms with Gasteiger partial charge in [0.25, 0.3) is 0 Å². The number of hydrogen-bond acceptors (Lipinski definition) is 4. The van der Waals surface area contributed by atoms with Crippen molar-refractivity contribution in [1.82, 2.24) is 0 Å². The van der Waals surface area contributed by atoms with Crippen molar-refractivity contribution in [2.75, 3.05) is 25.2 Å². The largest absolute Gasteiger partial charge is 0.465 e. The summed E-state index contributed by atoms with van der Waals surface area (Å²) in [6.45, 7) is 1.81. The van der Waals surface area contributed by atoms with Crippen LogP contribution >= 0.6 is 11.8 Å². The van der Waals surface area contributed by atoms with Crippen molar-refractivity contribution >= 4 is 17.7 Å². The van der Waals surface area contributed by atoms with E-state index in [9.17, 15) is 13.6 Å². The molecule has 0 amide bonds. The third kappa shape index (κ3) is 3.70. The molecule has 0 aliphatic heterocycles. The Balaban J connectivity index is 3.29. The lowest BCUT2D eigenvalue weighted by molar-refractivity contribution is -0.150. The van der Waals surface area contributed by atoms with E-state index in [2.05, 4.69) is 0 Å². The van der Waals surface area contributed by atoms with Gasteiger partial charge in [0.15, 0.2) is 0 Å². The Morgan fingerprint density at radius 1 is 1.35 bits per heavy atom. The number of esters is 1. The minimum atomic E-state index is -1.21. The number of ether oxygens (including phenoxy) is 1. The summed E-state index contributed by atoms with van der Waals surface area (Å²) in [5.41, 5.74) is 4.78. The molecule has 0 bridgehead atoms. The molecular formula is C14H19F2NO2S. The molecule has 1 atom stereocenters. The maximum atomic E-state index is 13.4. The standard InChI is InChI=1S/C14H19F2NO2S/c1-3-19-13(18)14(9-17,4-5-20-2)10-6-11(15)8-12(16)7-10/h6-8H,3-5,9,17H2,1-2H3. The van der Waals surface area contributed by atoms with E-state index in [-0.39, 0.29) is 18.7 Å². The van der Waals surface area contributed by atoms with Gasteiger partial charge in [-0.3, -0.25) is 4.79 Å². The highest BCUT2D eigenvalue weighted by Crippen LogP contribution is 2.31. The maximum Gasteiger partial charge on any atom is 0.317 e. The number of carbonyl (C=O) groups is 1. The van der Waals surface area contributed by atoms with Gasteiger partial charge in [-0.25, -0.2) is 8.78 Å². The van der Waals surface area contributed by atoms with Crippen molar-refractivity contribution in [3.63, 3.8) is 0 Å². The lowest BCUT2D eigenvalue weighted by Gasteiger charge is -2.30. The lowest BCUT2D eigenvalue weighted by Crippen LogP contribution is -2.45. The second-order valence-electron chi connectivity index (χ2n) is 4.41. The van der Waals surface area contributed by atoms with Crippen LogP contribution in [0.25, 0.3) is 0 Å². The Hall–Kier alpha value is -1.14. The van der Waals surface area contributed by atoms with Crippen LogP contribution in [-0.4, -0.2) is 31.1 Å². The van der Waals surface area contributed by atoms with Crippen molar-refractivity contribution in [3.05, 3.63) is 35.4 Å². The fourth-order valence-corrected chi connectivity index (χ4v) is 2.60. The third-order valence-electron chi connectivity index (χ3n) is 3.16. The van der Waals surface area contributed by atoms with E-state index < -0.39 is 23.0 Å². The van der Waals surface area contributed by atoms with Crippen LogP contribution in [0.4, 0.5) is 8.78 Å². The minimum Gasteiger partial charge on any atom is -0.465 e. The monoisotopic (exact) mass is 303 g/mol. The highest BCUT2D eigenvalue weighted by Gasteiger charge is 2.40. The molecule has 0 aliphatic rings. The van der Waals surface area contributed by atoms with Crippen LogP contribution in [0, 0.1) is 11.6 Å². The van der Waals surface area contributed by atoms with Crippen molar-refractivity contribution in [3.8, 4) is 0 Å². The second kappa shape index (κ2) is 7.59. The van der Waals surface area contributed by atoms with Gasteiger partial charge in [0.2, 0.25) is 0 Å². The summed E-state index contributed by atoms with van der Waals surface area (Å²) in [6.07, 6.45) is 2.25. The first-order valence-corrected chi connectivity index (χ1v) is 7.72. The summed E-state index contributed by atoms with van der Waals surface area (Å²) in [5, 5.41) is 0. The molecule has 0 heterocycles. The Bertz CT molecular complexity index is 450. The van der Waals surface area contributed by atoms with Crippen molar-refractivity contribution < 1.29 is 18.3 Å². The van der Waals surface area contributed by atoms with E-state index in [1.807, 2.05) is 6.26 Å². The van der Waals surface area contributed by atoms with Crippen LogP contribution in [0.2, 0.25) is 0 Å². The topological polar surface area (TPSA) is 52.3 Å². The molecule has 0 aliphatic carbocycles. The SMILES string of the molecule is CCOC(=O)C(CN)(CCSC)c1cc(F)cc(F)c1. The van der Waals surface area contributed by atoms with Crippen molar-refractivity contribution in [1.29, 1.82) is 0 Å². The first kappa shape index (κ1) is 16.9. The zero-order valence-electron chi connectivity index (χ0n) is 11.6. The number of rotatable bonds is 7. The predicted octanol–water partition coefficient (Wildman–Crippen LogP) is 2.48. The Kier molecular flexibility index (Phi) is 6.42. The van der Waals surface area contributed by atoms with E-state index in [0.717, 1.165) is 18.2 Å². The van der Waals surface area contributed by atoms with Crippen LogP contribution in [0.5, 0.6) is 0 Å². The van der Waals surface area contributed by atoms with E-state index in [4.69, 9.17) is 10.5 Å². The van der Waals surface area contributed by atoms with Gasteiger partial charge < -0.3 is 10.5 Å². The average molecular weight is 303 g/mol. The minimum absolute atomic E-state index is 0.0602. The molecule has 0 aromatic heterocycles. The number of thioether (sulfide) groups is 1. The van der Waals surface area contributed by atoms with E-state index >= 15 is 0 Å². The van der Waals surface area contributed by atoms with Gasteiger partial charge in [0, 0.05) is 12.6 Å². The van der Waals surface area contributed by atoms with E-state index in [1.54, 1.807) is 6.92 Å². The second-order valence-corrected chi connectivity index (χ2v) is 5.39. The van der Waals surface area contributed by atoms with Crippen molar-refractivity contribution in [2.45, 2.75) is 18.8 Å². The highest BCUT2D eigenvalue weighted by atomic mass is 32.2. The molecule has 3 nitrogen and oxygen atoms in total. The van der Waals surface area contributed by atoms with Crippen LogP contribution in [0.15, 0.2) is 18.2 Å². The number of benzene rings is 1. The number of nitrogens with two attached hydrogens (primary N) is 1. The van der Waals surface area contributed by atoms with Crippen LogP contribution in [0.1, 0.15) is 18.9 Å². The zero-order valence-corrected chi connectivity index (χ0v) is 12.4. The molecule has 0 saturated carbocycles. The molecule has 1 aromatic rings. The predicted molar refractivity (Wildman–Crippen MR) is 76.7 cm³/mol.